The van der Waals surface area contributed by atoms with Crippen molar-refractivity contribution in [1.82, 2.24) is 24.4 Å². The van der Waals surface area contributed by atoms with E-state index in [9.17, 15) is 9.59 Å². The molecule has 1 aliphatic rings. The van der Waals surface area contributed by atoms with Crippen molar-refractivity contribution in [1.29, 1.82) is 0 Å². The third kappa shape index (κ3) is 5.51. The van der Waals surface area contributed by atoms with Gasteiger partial charge in [0, 0.05) is 54.9 Å². The predicted octanol–water partition coefficient (Wildman–Crippen LogP) is 4.40. The van der Waals surface area contributed by atoms with E-state index in [0.717, 1.165) is 24.6 Å². The number of nitrogens with one attached hydrogen (secondary N) is 1. The zero-order valence-corrected chi connectivity index (χ0v) is 22.1. The molecule has 0 unspecified atom stereocenters. The highest BCUT2D eigenvalue weighted by Crippen LogP contribution is 2.33. The Morgan fingerprint density at radius 2 is 1.86 bits per heavy atom. The molecule has 5 rings (SSSR count). The molecule has 1 amide bonds. The van der Waals surface area contributed by atoms with Crippen LogP contribution in [0.25, 0.3) is 22.2 Å². The number of halogens is 2. The molecule has 0 aliphatic carbocycles. The van der Waals surface area contributed by atoms with Gasteiger partial charge in [0.1, 0.15) is 5.65 Å². The van der Waals surface area contributed by atoms with Crippen LogP contribution in [-0.4, -0.2) is 61.5 Å². The Bertz CT molecular complexity index is 1500. The van der Waals surface area contributed by atoms with E-state index in [1.54, 1.807) is 55.8 Å². The number of carbonyl (C=O) groups excluding carboxylic acids is 1. The summed E-state index contributed by atoms with van der Waals surface area (Å²) in [5.74, 6) is 2.50. The van der Waals surface area contributed by atoms with Crippen LogP contribution in [0.4, 0.5) is 11.6 Å². The molecule has 0 radical (unpaired) electrons. The molecule has 0 atom stereocenters. The number of fused-ring (bicyclic) bond motifs is 1. The van der Waals surface area contributed by atoms with Crippen LogP contribution in [0.3, 0.4) is 0 Å². The Morgan fingerprint density at radius 1 is 1.11 bits per heavy atom. The average molecular weight is 557 g/mol. The summed E-state index contributed by atoms with van der Waals surface area (Å²) in [6.07, 6.45) is 3.18. The van der Waals surface area contributed by atoms with E-state index in [-0.39, 0.29) is 18.1 Å². The van der Waals surface area contributed by atoms with E-state index in [1.807, 2.05) is 16.7 Å². The number of hydrogen-bond acceptors (Lipinski definition) is 8. The first-order chi connectivity index (χ1) is 17.9. The van der Waals surface area contributed by atoms with Gasteiger partial charge in [-0.15, -0.1) is 0 Å². The standard InChI is InChI=1S/C25H22Cl2N6O3S/c1-32-23-15(11-17(24(32)35)22-18(26)3-2-4-19(22)27)12-29-25(31-23)30-16-5-6-20(28-13-16)36-14-21(34)33-7-9-37-10-8-33/h2-6,11-13H,7-10,14H2,1H3,(H,29,30,31). The summed E-state index contributed by atoms with van der Waals surface area (Å²) < 4.78 is 6.99. The van der Waals surface area contributed by atoms with Gasteiger partial charge in [-0.05, 0) is 24.3 Å². The van der Waals surface area contributed by atoms with Crippen LogP contribution < -0.4 is 15.6 Å². The summed E-state index contributed by atoms with van der Waals surface area (Å²) in [5, 5.41) is 4.50. The largest absolute Gasteiger partial charge is 0.468 e. The molecule has 0 bridgehead atoms. The maximum absolute atomic E-state index is 13.1. The van der Waals surface area contributed by atoms with Crippen molar-refractivity contribution in [3.8, 4) is 17.0 Å². The maximum atomic E-state index is 13.1. The van der Waals surface area contributed by atoms with Crippen molar-refractivity contribution in [3.63, 3.8) is 0 Å². The number of anilines is 2. The zero-order chi connectivity index (χ0) is 25.9. The Hall–Kier alpha value is -3.34. The lowest BCUT2D eigenvalue weighted by Gasteiger charge is -2.26. The number of thioether (sulfide) groups is 1. The first kappa shape index (κ1) is 25.3. The first-order valence-corrected chi connectivity index (χ1v) is 13.3. The van der Waals surface area contributed by atoms with Crippen LogP contribution in [0.1, 0.15) is 0 Å². The Balaban J connectivity index is 1.31. The molecular weight excluding hydrogens is 535 g/mol. The second-order valence-electron chi connectivity index (χ2n) is 8.28. The molecule has 1 fully saturated rings. The second kappa shape index (κ2) is 11.0. The number of pyridine rings is 2. The molecular formula is C25H22Cl2N6O3S. The highest BCUT2D eigenvalue weighted by atomic mass is 35.5. The van der Waals surface area contributed by atoms with Crippen LogP contribution >= 0.6 is 35.0 Å². The van der Waals surface area contributed by atoms with Gasteiger partial charge in [-0.1, -0.05) is 29.3 Å². The summed E-state index contributed by atoms with van der Waals surface area (Å²) in [5.41, 5.74) is 1.62. The van der Waals surface area contributed by atoms with Crippen molar-refractivity contribution in [2.45, 2.75) is 0 Å². The smallest absolute Gasteiger partial charge is 0.260 e. The molecule has 0 saturated carbocycles. The molecule has 9 nitrogen and oxygen atoms in total. The van der Waals surface area contributed by atoms with Gasteiger partial charge in [-0.2, -0.15) is 16.7 Å². The molecule has 4 aromatic rings. The monoisotopic (exact) mass is 556 g/mol. The average Bonchev–Trinajstić information content (AvgIpc) is 2.91. The highest BCUT2D eigenvalue weighted by Gasteiger charge is 2.18. The molecule has 1 aromatic carbocycles. The summed E-state index contributed by atoms with van der Waals surface area (Å²) in [6.45, 7) is 1.44. The fourth-order valence-electron chi connectivity index (χ4n) is 3.95. The lowest BCUT2D eigenvalue weighted by molar-refractivity contribution is -0.133. The van der Waals surface area contributed by atoms with Crippen molar-refractivity contribution in [2.24, 2.45) is 7.05 Å². The van der Waals surface area contributed by atoms with Crippen LogP contribution in [0.5, 0.6) is 5.88 Å². The Kier molecular flexibility index (Phi) is 7.50. The topological polar surface area (TPSA) is 102 Å². The minimum Gasteiger partial charge on any atom is -0.468 e. The van der Waals surface area contributed by atoms with Gasteiger partial charge >= 0.3 is 0 Å². The minimum atomic E-state index is -0.284. The summed E-state index contributed by atoms with van der Waals surface area (Å²) in [6, 6.07) is 10.2. The number of aryl methyl sites for hydroxylation is 1. The number of nitrogens with zero attached hydrogens (tertiary/aromatic N) is 5. The molecule has 37 heavy (non-hydrogen) atoms. The summed E-state index contributed by atoms with van der Waals surface area (Å²) in [7, 11) is 1.63. The van der Waals surface area contributed by atoms with E-state index in [4.69, 9.17) is 27.9 Å². The van der Waals surface area contributed by atoms with Crippen LogP contribution in [0, 0.1) is 0 Å². The third-order valence-electron chi connectivity index (χ3n) is 5.88. The minimum absolute atomic E-state index is 0.0422. The molecule has 1 aliphatic heterocycles. The third-order valence-corrected chi connectivity index (χ3v) is 7.45. The SMILES string of the molecule is Cn1c(=O)c(-c2c(Cl)cccc2Cl)cc2cnc(Nc3ccc(OCC(=O)N4CCSCC4)nc3)nc21. The van der Waals surface area contributed by atoms with Gasteiger partial charge in [0.05, 0.1) is 27.5 Å². The van der Waals surface area contributed by atoms with Gasteiger partial charge in [0.2, 0.25) is 11.8 Å². The van der Waals surface area contributed by atoms with Gasteiger partial charge in [-0.25, -0.2) is 9.97 Å². The molecule has 4 heterocycles. The van der Waals surface area contributed by atoms with Gasteiger partial charge in [-0.3, -0.25) is 14.2 Å². The molecule has 3 aromatic heterocycles. The van der Waals surface area contributed by atoms with Crippen LogP contribution in [0.15, 0.2) is 53.6 Å². The van der Waals surface area contributed by atoms with E-state index in [2.05, 4.69) is 20.3 Å². The van der Waals surface area contributed by atoms with E-state index < -0.39 is 0 Å². The number of carbonyl (C=O) groups is 1. The summed E-state index contributed by atoms with van der Waals surface area (Å²) >= 11 is 14.5. The quantitative estimate of drug-likeness (QED) is 0.373. The fourth-order valence-corrected chi connectivity index (χ4v) is 5.45. The molecule has 190 valence electrons. The number of ether oxygens (including phenoxy) is 1. The molecule has 1 N–H and O–H groups in total. The lowest BCUT2D eigenvalue weighted by atomic mass is 10.1. The molecule has 12 heteroatoms. The first-order valence-electron chi connectivity index (χ1n) is 11.4. The van der Waals surface area contributed by atoms with E-state index in [1.165, 1.54) is 4.57 Å². The number of amides is 1. The van der Waals surface area contributed by atoms with Crippen molar-refractivity contribution in [3.05, 3.63) is 69.2 Å². The normalized spacial score (nSPS) is 13.5. The number of benzene rings is 1. The summed E-state index contributed by atoms with van der Waals surface area (Å²) in [4.78, 5) is 40.3. The lowest BCUT2D eigenvalue weighted by Crippen LogP contribution is -2.40. The van der Waals surface area contributed by atoms with Crippen molar-refractivity contribution < 1.29 is 9.53 Å². The van der Waals surface area contributed by atoms with Crippen LogP contribution in [0.2, 0.25) is 10.0 Å². The van der Waals surface area contributed by atoms with Crippen molar-refractivity contribution in [2.75, 3.05) is 36.5 Å². The van der Waals surface area contributed by atoms with E-state index in [0.29, 0.717) is 49.7 Å². The Morgan fingerprint density at radius 3 is 2.57 bits per heavy atom. The predicted molar refractivity (Wildman–Crippen MR) is 147 cm³/mol. The number of aromatic nitrogens is 4. The number of rotatable bonds is 6. The van der Waals surface area contributed by atoms with Crippen LogP contribution in [-0.2, 0) is 11.8 Å². The Labute approximate surface area is 226 Å². The van der Waals surface area contributed by atoms with Gasteiger partial charge in [0.15, 0.2) is 6.61 Å². The van der Waals surface area contributed by atoms with Gasteiger partial charge < -0.3 is 15.0 Å². The fraction of sp³-hybridized carbons (Fsp3) is 0.240. The zero-order valence-electron chi connectivity index (χ0n) is 19.8. The number of hydrogen-bond donors (Lipinski definition) is 1. The van der Waals surface area contributed by atoms with E-state index >= 15 is 0 Å². The molecule has 1 saturated heterocycles. The maximum Gasteiger partial charge on any atom is 0.260 e. The van der Waals surface area contributed by atoms with Crippen molar-refractivity contribution >= 4 is 63.5 Å². The molecule has 0 spiro atoms. The van der Waals surface area contributed by atoms with Gasteiger partial charge in [0.25, 0.3) is 11.5 Å². The highest BCUT2D eigenvalue weighted by molar-refractivity contribution is 7.99. The second-order valence-corrected chi connectivity index (χ2v) is 10.3.